The number of hydrogen-bond acceptors (Lipinski definition) is 2. The maximum absolute atomic E-state index is 13.0. The molecule has 1 saturated carbocycles. The second-order valence-corrected chi connectivity index (χ2v) is 5.27. The van der Waals surface area contributed by atoms with Crippen LogP contribution >= 0.6 is 11.6 Å². The molecule has 1 aliphatic heterocycles. The van der Waals surface area contributed by atoms with E-state index in [0.717, 1.165) is 18.9 Å². The zero-order valence-electron chi connectivity index (χ0n) is 10.6. The van der Waals surface area contributed by atoms with Gasteiger partial charge in [0, 0.05) is 16.5 Å². The Morgan fingerprint density at radius 1 is 1.29 bits per heavy atom. The molecule has 0 radical (unpaired) electrons. The van der Waals surface area contributed by atoms with Crippen molar-refractivity contribution in [3.05, 3.63) is 28.8 Å². The fraction of sp³-hybridized carbons (Fsp3) is 0.357. The number of nitrogens with zero attached hydrogens (tertiary/aromatic N) is 1. The molecule has 110 valence electrons. The smallest absolute Gasteiger partial charge is 0.427 e. The number of cyclic esters (lactones) is 1. The van der Waals surface area contributed by atoms with E-state index >= 15 is 0 Å². The summed E-state index contributed by atoms with van der Waals surface area (Å²) in [7, 11) is 0. The predicted molar refractivity (Wildman–Crippen MR) is 69.7 cm³/mol. The molecule has 0 N–H and O–H groups in total. The van der Waals surface area contributed by atoms with Crippen molar-refractivity contribution >= 4 is 23.4 Å². The number of hydrogen-bond donors (Lipinski definition) is 0. The van der Waals surface area contributed by atoms with Crippen LogP contribution in [0.15, 0.2) is 18.2 Å². The minimum absolute atomic E-state index is 0.146. The highest BCUT2D eigenvalue weighted by Gasteiger charge is 2.48. The van der Waals surface area contributed by atoms with E-state index in [1.54, 1.807) is 0 Å². The molecule has 7 heteroatoms. The van der Waals surface area contributed by atoms with Crippen LogP contribution in [0.25, 0.3) is 0 Å². The first-order valence-corrected chi connectivity index (χ1v) is 6.62. The first-order chi connectivity index (χ1) is 9.86. The molecular weight excluding hydrogens is 307 g/mol. The van der Waals surface area contributed by atoms with Crippen molar-refractivity contribution in [3.63, 3.8) is 0 Å². The number of alkyl halides is 3. The molecule has 0 bridgehead atoms. The number of rotatable bonds is 0. The van der Waals surface area contributed by atoms with Gasteiger partial charge in [0.05, 0.1) is 5.69 Å². The fourth-order valence-electron chi connectivity index (χ4n) is 2.02. The van der Waals surface area contributed by atoms with E-state index in [9.17, 15) is 18.0 Å². The largest absolute Gasteiger partial charge is 0.494 e. The Kier molecular flexibility index (Phi) is 3.25. The van der Waals surface area contributed by atoms with E-state index in [-0.39, 0.29) is 27.1 Å². The average molecular weight is 316 g/mol. The Hall–Kier alpha value is -1.87. The van der Waals surface area contributed by atoms with Crippen LogP contribution < -0.4 is 4.90 Å². The number of benzene rings is 1. The maximum Gasteiger partial charge on any atom is 0.494 e. The Balaban J connectivity index is 2.06. The molecule has 3 nitrogen and oxygen atoms in total. The number of carbonyl (C=O) groups excluding carboxylic acids is 1. The number of halogens is 4. The minimum atomic E-state index is -4.87. The average Bonchev–Trinajstić information content (AvgIpc) is 3.18. The monoisotopic (exact) mass is 315 g/mol. The summed E-state index contributed by atoms with van der Waals surface area (Å²) in [5.41, 5.74) is -0.147. The Morgan fingerprint density at radius 2 is 2.00 bits per heavy atom. The zero-order chi connectivity index (χ0) is 15.2. The summed E-state index contributed by atoms with van der Waals surface area (Å²) >= 11 is 5.83. The van der Waals surface area contributed by atoms with E-state index in [0.29, 0.717) is 0 Å². The molecule has 1 fully saturated rings. The van der Waals surface area contributed by atoms with Gasteiger partial charge in [0.1, 0.15) is 0 Å². The molecule has 1 atom stereocenters. The van der Waals surface area contributed by atoms with Crippen LogP contribution in [0.5, 0.6) is 0 Å². The minimum Gasteiger partial charge on any atom is -0.427 e. The highest BCUT2D eigenvalue weighted by atomic mass is 35.5. The molecule has 2 aliphatic rings. The third-order valence-corrected chi connectivity index (χ3v) is 3.40. The number of anilines is 1. The standard InChI is InChI=1S/C14H9ClF3NO2/c15-9-4-5-11-10(7-9)12(6-3-8-1-2-8)21-13(20)19(11)14(16,17)18/h4-5,7-8,12H,1-2H2. The summed E-state index contributed by atoms with van der Waals surface area (Å²) in [6, 6.07) is 3.79. The van der Waals surface area contributed by atoms with Crippen LogP contribution in [0, 0.1) is 17.8 Å². The van der Waals surface area contributed by atoms with Crippen molar-refractivity contribution in [2.75, 3.05) is 4.90 Å². The maximum atomic E-state index is 13.0. The van der Waals surface area contributed by atoms with Crippen molar-refractivity contribution < 1.29 is 22.7 Å². The molecule has 0 saturated heterocycles. The van der Waals surface area contributed by atoms with Gasteiger partial charge in [-0.2, -0.15) is 4.90 Å². The summed E-state index contributed by atoms with van der Waals surface area (Å²) in [6.45, 7) is 0. The second-order valence-electron chi connectivity index (χ2n) is 4.83. The molecule has 1 amide bonds. The van der Waals surface area contributed by atoms with Gasteiger partial charge in [0.25, 0.3) is 0 Å². The van der Waals surface area contributed by atoms with Crippen LogP contribution in [0.2, 0.25) is 5.02 Å². The van der Waals surface area contributed by atoms with Gasteiger partial charge < -0.3 is 4.74 Å². The second kappa shape index (κ2) is 4.85. The third-order valence-electron chi connectivity index (χ3n) is 3.16. The van der Waals surface area contributed by atoms with Gasteiger partial charge in [0.15, 0.2) is 6.10 Å². The fourth-order valence-corrected chi connectivity index (χ4v) is 2.20. The Bertz CT molecular complexity index is 658. The summed E-state index contributed by atoms with van der Waals surface area (Å²) in [5, 5.41) is 0.257. The molecule has 1 aromatic carbocycles. The van der Waals surface area contributed by atoms with E-state index in [4.69, 9.17) is 16.3 Å². The van der Waals surface area contributed by atoms with Gasteiger partial charge in [-0.05, 0) is 31.0 Å². The lowest BCUT2D eigenvalue weighted by Gasteiger charge is -2.32. The highest BCUT2D eigenvalue weighted by Crippen LogP contribution is 2.41. The summed E-state index contributed by atoms with van der Waals surface area (Å²) in [5.74, 6) is 5.86. The van der Waals surface area contributed by atoms with Crippen molar-refractivity contribution in [1.29, 1.82) is 0 Å². The lowest BCUT2D eigenvalue weighted by molar-refractivity contribution is -0.127. The summed E-state index contributed by atoms with van der Waals surface area (Å²) in [6.07, 6.45) is -5.44. The van der Waals surface area contributed by atoms with Crippen molar-refractivity contribution in [2.24, 2.45) is 5.92 Å². The molecule has 0 spiro atoms. The molecular formula is C14H9ClF3NO2. The molecule has 1 aliphatic carbocycles. The van der Waals surface area contributed by atoms with Gasteiger partial charge in [-0.15, -0.1) is 13.2 Å². The van der Waals surface area contributed by atoms with Crippen LogP contribution in [-0.4, -0.2) is 12.4 Å². The number of amides is 1. The van der Waals surface area contributed by atoms with E-state index < -0.39 is 18.5 Å². The molecule has 1 heterocycles. The number of carbonyl (C=O) groups is 1. The van der Waals surface area contributed by atoms with Crippen LogP contribution in [0.3, 0.4) is 0 Å². The third kappa shape index (κ3) is 2.79. The van der Waals surface area contributed by atoms with E-state index in [2.05, 4.69) is 11.8 Å². The van der Waals surface area contributed by atoms with Gasteiger partial charge in [-0.25, -0.2) is 4.79 Å². The normalized spacial score (nSPS) is 21.2. The van der Waals surface area contributed by atoms with E-state index in [1.807, 2.05) is 0 Å². The summed E-state index contributed by atoms with van der Waals surface area (Å²) < 4.78 is 43.8. The van der Waals surface area contributed by atoms with Crippen molar-refractivity contribution in [2.45, 2.75) is 25.2 Å². The zero-order valence-corrected chi connectivity index (χ0v) is 11.3. The first kappa shape index (κ1) is 14.1. The lowest BCUT2D eigenvalue weighted by atomic mass is 10.0. The van der Waals surface area contributed by atoms with E-state index in [1.165, 1.54) is 12.1 Å². The molecule has 0 aromatic heterocycles. The predicted octanol–water partition coefficient (Wildman–Crippen LogP) is 4.27. The highest BCUT2D eigenvalue weighted by molar-refractivity contribution is 6.30. The van der Waals surface area contributed by atoms with Crippen LogP contribution in [0.1, 0.15) is 24.5 Å². The molecule has 1 unspecified atom stereocenters. The molecule has 1 aromatic rings. The van der Waals surface area contributed by atoms with Gasteiger partial charge >= 0.3 is 12.4 Å². The van der Waals surface area contributed by atoms with Crippen molar-refractivity contribution in [3.8, 4) is 11.8 Å². The van der Waals surface area contributed by atoms with Gasteiger partial charge in [-0.3, -0.25) is 0 Å². The number of fused-ring (bicyclic) bond motifs is 1. The quantitative estimate of drug-likeness (QED) is 0.528. The van der Waals surface area contributed by atoms with Crippen molar-refractivity contribution in [1.82, 2.24) is 0 Å². The first-order valence-electron chi connectivity index (χ1n) is 6.24. The number of ether oxygens (including phenoxy) is 1. The van der Waals surface area contributed by atoms with Gasteiger partial charge in [0.2, 0.25) is 0 Å². The van der Waals surface area contributed by atoms with Crippen LogP contribution in [0.4, 0.5) is 23.7 Å². The molecule has 3 rings (SSSR count). The van der Waals surface area contributed by atoms with Gasteiger partial charge in [-0.1, -0.05) is 23.4 Å². The SMILES string of the molecule is O=C1OC(C#CC2CC2)c2cc(Cl)ccc2N1C(F)(F)F. The Labute approximate surface area is 123 Å². The van der Waals surface area contributed by atoms with Crippen LogP contribution in [-0.2, 0) is 4.74 Å². The lowest BCUT2D eigenvalue weighted by Crippen LogP contribution is -2.46. The Morgan fingerprint density at radius 3 is 2.62 bits per heavy atom. The summed E-state index contributed by atoms with van der Waals surface area (Å²) in [4.78, 5) is 11.3. The topological polar surface area (TPSA) is 29.5 Å². The molecule has 21 heavy (non-hydrogen) atoms.